The van der Waals surface area contributed by atoms with Crippen LogP contribution in [0.1, 0.15) is 10.7 Å². The van der Waals surface area contributed by atoms with Gasteiger partial charge < -0.3 is 9.80 Å². The first kappa shape index (κ1) is 15.2. The van der Waals surface area contributed by atoms with Gasteiger partial charge in [-0.2, -0.15) is 4.98 Å². The smallest absolute Gasteiger partial charge is 0.227 e. The summed E-state index contributed by atoms with van der Waals surface area (Å²) in [5.41, 5.74) is 1.18. The van der Waals surface area contributed by atoms with E-state index in [1.165, 1.54) is 5.69 Å². The van der Waals surface area contributed by atoms with Gasteiger partial charge in [0.1, 0.15) is 5.82 Å². The molecule has 0 spiro atoms. The largest absolute Gasteiger partial charge is 0.363 e. The van der Waals surface area contributed by atoms with Gasteiger partial charge in [-0.25, -0.2) is 9.97 Å². The third-order valence-corrected chi connectivity index (χ3v) is 4.62. The van der Waals surface area contributed by atoms with Gasteiger partial charge in [-0.3, -0.25) is 4.90 Å². The number of thiazole rings is 1. The van der Waals surface area contributed by atoms with E-state index in [1.807, 2.05) is 31.3 Å². The molecule has 2 aromatic rings. The van der Waals surface area contributed by atoms with Gasteiger partial charge in [0, 0.05) is 58.4 Å². The normalized spacial score (nSPS) is 16.0. The van der Waals surface area contributed by atoms with Gasteiger partial charge in [0.2, 0.25) is 5.95 Å². The number of piperazine rings is 1. The number of hydrogen-bond acceptors (Lipinski definition) is 7. The zero-order chi connectivity index (χ0) is 15.5. The molecule has 1 aliphatic rings. The number of aryl methyl sites for hydroxylation is 1. The highest BCUT2D eigenvalue weighted by molar-refractivity contribution is 7.09. The molecule has 1 saturated heterocycles. The van der Waals surface area contributed by atoms with Crippen molar-refractivity contribution in [1.82, 2.24) is 19.9 Å². The first-order chi connectivity index (χ1) is 10.6. The van der Waals surface area contributed by atoms with Gasteiger partial charge in [-0.1, -0.05) is 0 Å². The maximum absolute atomic E-state index is 4.62. The van der Waals surface area contributed by atoms with E-state index in [0.29, 0.717) is 0 Å². The van der Waals surface area contributed by atoms with E-state index < -0.39 is 0 Å². The minimum absolute atomic E-state index is 0.829. The molecule has 22 heavy (non-hydrogen) atoms. The van der Waals surface area contributed by atoms with E-state index in [2.05, 4.69) is 37.1 Å². The lowest BCUT2D eigenvalue weighted by atomic mass is 10.3. The first-order valence-electron chi connectivity index (χ1n) is 7.50. The lowest BCUT2D eigenvalue weighted by Crippen LogP contribution is -2.46. The molecule has 1 aliphatic heterocycles. The second kappa shape index (κ2) is 6.58. The fraction of sp³-hybridized carbons (Fsp3) is 0.533. The summed E-state index contributed by atoms with van der Waals surface area (Å²) >= 11 is 1.72. The van der Waals surface area contributed by atoms with Crippen LogP contribution >= 0.6 is 11.3 Å². The predicted molar refractivity (Wildman–Crippen MR) is 90.7 cm³/mol. The molecule has 0 aliphatic carbocycles. The highest BCUT2D eigenvalue weighted by Crippen LogP contribution is 2.16. The molecule has 0 amide bonds. The fourth-order valence-electron chi connectivity index (χ4n) is 2.56. The zero-order valence-electron chi connectivity index (χ0n) is 13.4. The average molecular weight is 318 g/mol. The summed E-state index contributed by atoms with van der Waals surface area (Å²) in [6.45, 7) is 6.95. The summed E-state index contributed by atoms with van der Waals surface area (Å²) in [6, 6.07) is 1.93. The molecule has 0 radical (unpaired) electrons. The standard InChI is InChI=1S/C15H22N6S/c1-12-17-13(11-22-12)10-20-6-8-21(9-7-20)15-16-5-4-14(18-15)19(2)3/h4-5,11H,6-10H2,1-3H3. The Hall–Kier alpha value is -1.73. The summed E-state index contributed by atoms with van der Waals surface area (Å²) in [7, 11) is 4.00. The Morgan fingerprint density at radius 2 is 1.95 bits per heavy atom. The molecule has 0 N–H and O–H groups in total. The molecular formula is C15H22N6S. The van der Waals surface area contributed by atoms with E-state index in [0.717, 1.165) is 49.5 Å². The molecule has 3 heterocycles. The quantitative estimate of drug-likeness (QED) is 0.854. The lowest BCUT2D eigenvalue weighted by Gasteiger charge is -2.34. The highest BCUT2D eigenvalue weighted by Gasteiger charge is 2.20. The average Bonchev–Trinajstić information content (AvgIpc) is 2.93. The van der Waals surface area contributed by atoms with Gasteiger partial charge >= 0.3 is 0 Å². The predicted octanol–water partition coefficient (Wildman–Crippen LogP) is 1.63. The van der Waals surface area contributed by atoms with Crippen LogP contribution in [0.5, 0.6) is 0 Å². The van der Waals surface area contributed by atoms with Crippen molar-refractivity contribution in [1.29, 1.82) is 0 Å². The van der Waals surface area contributed by atoms with Crippen LogP contribution in [0.25, 0.3) is 0 Å². The van der Waals surface area contributed by atoms with E-state index >= 15 is 0 Å². The maximum atomic E-state index is 4.62. The van der Waals surface area contributed by atoms with Crippen molar-refractivity contribution in [3.63, 3.8) is 0 Å². The Bertz CT molecular complexity index is 618. The molecule has 2 aromatic heterocycles. The minimum atomic E-state index is 0.829. The third-order valence-electron chi connectivity index (χ3n) is 3.79. The van der Waals surface area contributed by atoms with Crippen molar-refractivity contribution in [3.8, 4) is 0 Å². The van der Waals surface area contributed by atoms with Crippen LogP contribution in [0.4, 0.5) is 11.8 Å². The van der Waals surface area contributed by atoms with Crippen molar-refractivity contribution in [2.75, 3.05) is 50.1 Å². The molecule has 0 saturated carbocycles. The van der Waals surface area contributed by atoms with Crippen molar-refractivity contribution >= 4 is 23.1 Å². The summed E-state index contributed by atoms with van der Waals surface area (Å²) < 4.78 is 0. The van der Waals surface area contributed by atoms with E-state index in [9.17, 15) is 0 Å². The minimum Gasteiger partial charge on any atom is -0.363 e. The van der Waals surface area contributed by atoms with E-state index in [4.69, 9.17) is 0 Å². The molecule has 1 fully saturated rings. The van der Waals surface area contributed by atoms with E-state index in [-0.39, 0.29) is 0 Å². The second-order valence-electron chi connectivity index (χ2n) is 5.73. The molecule has 0 aromatic carbocycles. The number of nitrogens with zero attached hydrogens (tertiary/aromatic N) is 6. The Morgan fingerprint density at radius 3 is 2.59 bits per heavy atom. The molecule has 0 atom stereocenters. The topological polar surface area (TPSA) is 48.4 Å². The van der Waals surface area contributed by atoms with Crippen LogP contribution in [0.15, 0.2) is 17.6 Å². The third kappa shape index (κ3) is 3.53. The van der Waals surface area contributed by atoms with Crippen molar-refractivity contribution < 1.29 is 0 Å². The molecule has 3 rings (SSSR count). The zero-order valence-corrected chi connectivity index (χ0v) is 14.2. The highest BCUT2D eigenvalue weighted by atomic mass is 32.1. The van der Waals surface area contributed by atoms with Crippen LogP contribution in [0, 0.1) is 6.92 Å². The molecule has 6 nitrogen and oxygen atoms in total. The Kier molecular flexibility index (Phi) is 4.54. The van der Waals surface area contributed by atoms with Crippen LogP contribution < -0.4 is 9.80 Å². The van der Waals surface area contributed by atoms with Crippen molar-refractivity contribution in [3.05, 3.63) is 28.3 Å². The molecular weight excluding hydrogens is 296 g/mol. The Morgan fingerprint density at radius 1 is 1.18 bits per heavy atom. The summed E-state index contributed by atoms with van der Waals surface area (Å²) in [5, 5.41) is 3.30. The molecule has 118 valence electrons. The fourth-order valence-corrected chi connectivity index (χ4v) is 3.16. The summed E-state index contributed by atoms with van der Waals surface area (Å²) in [6.07, 6.45) is 1.84. The Balaban J connectivity index is 1.58. The molecule has 0 bridgehead atoms. The number of rotatable bonds is 4. The van der Waals surface area contributed by atoms with Gasteiger partial charge in [0.25, 0.3) is 0 Å². The van der Waals surface area contributed by atoms with Crippen molar-refractivity contribution in [2.24, 2.45) is 0 Å². The van der Waals surface area contributed by atoms with Gasteiger partial charge in [0.05, 0.1) is 10.7 Å². The lowest BCUT2D eigenvalue weighted by molar-refractivity contribution is 0.246. The molecule has 7 heteroatoms. The number of aromatic nitrogens is 3. The molecule has 0 unspecified atom stereocenters. The summed E-state index contributed by atoms with van der Waals surface area (Å²) in [5.74, 6) is 1.78. The monoisotopic (exact) mass is 318 g/mol. The maximum Gasteiger partial charge on any atom is 0.227 e. The number of anilines is 2. The summed E-state index contributed by atoms with van der Waals surface area (Å²) in [4.78, 5) is 20.3. The van der Waals surface area contributed by atoms with Crippen molar-refractivity contribution in [2.45, 2.75) is 13.5 Å². The van der Waals surface area contributed by atoms with Crippen LogP contribution in [-0.4, -0.2) is 60.1 Å². The first-order valence-corrected chi connectivity index (χ1v) is 8.38. The SMILES string of the molecule is Cc1nc(CN2CCN(c3nccc(N(C)C)n3)CC2)cs1. The number of hydrogen-bond donors (Lipinski definition) is 0. The van der Waals surface area contributed by atoms with Crippen LogP contribution in [0.2, 0.25) is 0 Å². The van der Waals surface area contributed by atoms with Gasteiger partial charge in [0.15, 0.2) is 0 Å². The van der Waals surface area contributed by atoms with Gasteiger partial charge in [-0.15, -0.1) is 11.3 Å². The van der Waals surface area contributed by atoms with E-state index in [1.54, 1.807) is 11.3 Å². The van der Waals surface area contributed by atoms with Gasteiger partial charge in [-0.05, 0) is 13.0 Å². The van der Waals surface area contributed by atoms with Crippen LogP contribution in [-0.2, 0) is 6.54 Å². The van der Waals surface area contributed by atoms with Crippen LogP contribution in [0.3, 0.4) is 0 Å². The second-order valence-corrected chi connectivity index (χ2v) is 6.79. The Labute approximate surface area is 135 Å².